The van der Waals surface area contributed by atoms with Gasteiger partial charge in [0, 0.05) is 13.1 Å². The van der Waals surface area contributed by atoms with Crippen molar-refractivity contribution in [3.63, 3.8) is 0 Å². The van der Waals surface area contributed by atoms with Crippen LogP contribution in [-0.2, 0) is 0 Å². The van der Waals surface area contributed by atoms with Crippen molar-refractivity contribution in [3.05, 3.63) is 11.6 Å². The van der Waals surface area contributed by atoms with Crippen molar-refractivity contribution in [2.24, 2.45) is 11.8 Å². The number of rotatable bonds is 1. The fraction of sp³-hybridized carbons (Fsp3) is 0.818. The zero-order valence-electron chi connectivity index (χ0n) is 8.80. The van der Waals surface area contributed by atoms with Crippen molar-refractivity contribution in [1.29, 1.82) is 0 Å². The average Bonchev–Trinajstić information content (AvgIpc) is 2.11. The Labute approximate surface area is 76.5 Å². The molecule has 0 amide bonds. The van der Waals surface area contributed by atoms with Crippen molar-refractivity contribution in [3.8, 4) is 0 Å². The van der Waals surface area contributed by atoms with Crippen molar-refractivity contribution in [2.75, 3.05) is 20.1 Å². The normalized spacial score (nSPS) is 27.1. The molecule has 0 aliphatic carbocycles. The Hall–Kier alpha value is -0.300. The van der Waals surface area contributed by atoms with E-state index in [-0.39, 0.29) is 0 Å². The SMILES string of the molecule is CC(C)C1=CCN(C)C[C@H](C)C1. The Bertz CT molecular complexity index is 170. The first-order valence-corrected chi connectivity index (χ1v) is 4.97. The number of nitrogens with zero attached hydrogens (tertiary/aromatic N) is 1. The molecule has 0 fully saturated rings. The third-order valence-electron chi connectivity index (χ3n) is 2.61. The summed E-state index contributed by atoms with van der Waals surface area (Å²) in [6, 6.07) is 0. The van der Waals surface area contributed by atoms with Gasteiger partial charge in [-0.2, -0.15) is 0 Å². The van der Waals surface area contributed by atoms with E-state index in [4.69, 9.17) is 0 Å². The molecule has 0 spiro atoms. The summed E-state index contributed by atoms with van der Waals surface area (Å²) in [7, 11) is 2.20. The minimum absolute atomic E-state index is 0.735. The van der Waals surface area contributed by atoms with Gasteiger partial charge in [0.2, 0.25) is 0 Å². The van der Waals surface area contributed by atoms with Crippen molar-refractivity contribution in [2.45, 2.75) is 27.2 Å². The molecular formula is C11H21N. The predicted octanol–water partition coefficient (Wildman–Crippen LogP) is 2.54. The van der Waals surface area contributed by atoms with Crippen LogP contribution in [-0.4, -0.2) is 25.0 Å². The summed E-state index contributed by atoms with van der Waals surface area (Å²) in [4.78, 5) is 2.40. The minimum Gasteiger partial charge on any atom is -0.302 e. The molecule has 0 aromatic rings. The van der Waals surface area contributed by atoms with E-state index in [0.717, 1.165) is 18.4 Å². The third kappa shape index (κ3) is 2.63. The van der Waals surface area contributed by atoms with Gasteiger partial charge in [0.05, 0.1) is 0 Å². The molecule has 0 unspecified atom stereocenters. The largest absolute Gasteiger partial charge is 0.302 e. The van der Waals surface area contributed by atoms with E-state index in [1.54, 1.807) is 5.57 Å². The average molecular weight is 167 g/mol. The van der Waals surface area contributed by atoms with Gasteiger partial charge in [0.25, 0.3) is 0 Å². The first-order valence-electron chi connectivity index (χ1n) is 4.97. The molecule has 0 saturated heterocycles. The van der Waals surface area contributed by atoms with Crippen LogP contribution in [0.5, 0.6) is 0 Å². The lowest BCUT2D eigenvalue weighted by Gasteiger charge is -2.16. The van der Waals surface area contributed by atoms with Gasteiger partial charge in [-0.15, -0.1) is 0 Å². The van der Waals surface area contributed by atoms with Gasteiger partial charge in [-0.1, -0.05) is 32.4 Å². The highest BCUT2D eigenvalue weighted by Gasteiger charge is 2.14. The Balaban J connectivity index is 2.62. The quantitative estimate of drug-likeness (QED) is 0.542. The molecule has 1 aliphatic heterocycles. The first-order chi connectivity index (χ1) is 5.59. The first kappa shape index (κ1) is 9.79. The van der Waals surface area contributed by atoms with Gasteiger partial charge in [-0.05, 0) is 25.3 Å². The highest BCUT2D eigenvalue weighted by atomic mass is 15.1. The Morgan fingerprint density at radius 1 is 1.50 bits per heavy atom. The van der Waals surface area contributed by atoms with E-state index in [1.165, 1.54) is 13.0 Å². The number of hydrogen-bond acceptors (Lipinski definition) is 1. The van der Waals surface area contributed by atoms with Gasteiger partial charge in [-0.3, -0.25) is 0 Å². The second kappa shape index (κ2) is 4.08. The smallest absolute Gasteiger partial charge is 0.0162 e. The molecule has 1 heteroatoms. The number of hydrogen-bond donors (Lipinski definition) is 0. The van der Waals surface area contributed by atoms with Crippen LogP contribution < -0.4 is 0 Å². The molecule has 1 nitrogen and oxygen atoms in total. The summed E-state index contributed by atoms with van der Waals surface area (Å²) in [5.74, 6) is 1.56. The zero-order chi connectivity index (χ0) is 9.14. The van der Waals surface area contributed by atoms with E-state index in [9.17, 15) is 0 Å². The molecule has 0 aromatic carbocycles. The molecule has 0 radical (unpaired) electrons. The summed E-state index contributed by atoms with van der Waals surface area (Å²) in [6.45, 7) is 9.32. The molecular weight excluding hydrogens is 146 g/mol. The zero-order valence-corrected chi connectivity index (χ0v) is 8.80. The second-order valence-electron chi connectivity index (χ2n) is 4.46. The lowest BCUT2D eigenvalue weighted by molar-refractivity contribution is 0.320. The molecule has 1 heterocycles. The van der Waals surface area contributed by atoms with E-state index in [0.29, 0.717) is 0 Å². The van der Waals surface area contributed by atoms with Crippen LogP contribution >= 0.6 is 0 Å². The molecule has 0 aromatic heterocycles. The molecule has 0 saturated carbocycles. The molecule has 0 N–H and O–H groups in total. The summed E-state index contributed by atoms with van der Waals surface area (Å²) < 4.78 is 0. The van der Waals surface area contributed by atoms with Crippen LogP contribution in [0, 0.1) is 11.8 Å². The Morgan fingerprint density at radius 3 is 2.75 bits per heavy atom. The Morgan fingerprint density at radius 2 is 2.17 bits per heavy atom. The van der Waals surface area contributed by atoms with E-state index in [1.807, 2.05) is 0 Å². The van der Waals surface area contributed by atoms with E-state index >= 15 is 0 Å². The number of likely N-dealkylation sites (N-methyl/N-ethyl adjacent to an activating group) is 1. The topological polar surface area (TPSA) is 3.24 Å². The molecule has 70 valence electrons. The summed E-state index contributed by atoms with van der Waals surface area (Å²) in [5, 5.41) is 0. The lowest BCUT2D eigenvalue weighted by Crippen LogP contribution is -2.22. The molecule has 1 aliphatic rings. The van der Waals surface area contributed by atoms with Gasteiger partial charge >= 0.3 is 0 Å². The van der Waals surface area contributed by atoms with Crippen molar-refractivity contribution < 1.29 is 0 Å². The second-order valence-corrected chi connectivity index (χ2v) is 4.46. The van der Waals surface area contributed by atoms with Gasteiger partial charge in [-0.25, -0.2) is 0 Å². The van der Waals surface area contributed by atoms with Crippen molar-refractivity contribution in [1.82, 2.24) is 4.90 Å². The predicted molar refractivity (Wildman–Crippen MR) is 54.2 cm³/mol. The lowest BCUT2D eigenvalue weighted by atomic mass is 9.94. The monoisotopic (exact) mass is 167 g/mol. The number of allylic oxidation sites excluding steroid dienone is 1. The molecule has 12 heavy (non-hydrogen) atoms. The van der Waals surface area contributed by atoms with Gasteiger partial charge in [0.15, 0.2) is 0 Å². The van der Waals surface area contributed by atoms with E-state index in [2.05, 4.69) is 38.8 Å². The molecule has 0 bridgehead atoms. The maximum Gasteiger partial charge on any atom is 0.0162 e. The summed E-state index contributed by atoms with van der Waals surface area (Å²) >= 11 is 0. The summed E-state index contributed by atoms with van der Waals surface area (Å²) in [6.07, 6.45) is 3.70. The summed E-state index contributed by atoms with van der Waals surface area (Å²) in [5.41, 5.74) is 1.65. The highest BCUT2D eigenvalue weighted by Crippen LogP contribution is 2.22. The fourth-order valence-electron chi connectivity index (χ4n) is 1.90. The van der Waals surface area contributed by atoms with Crippen LogP contribution in [0.3, 0.4) is 0 Å². The van der Waals surface area contributed by atoms with Crippen LogP contribution in [0.4, 0.5) is 0 Å². The Kier molecular flexibility index (Phi) is 3.33. The fourth-order valence-corrected chi connectivity index (χ4v) is 1.90. The van der Waals surface area contributed by atoms with Crippen LogP contribution in [0.1, 0.15) is 27.2 Å². The van der Waals surface area contributed by atoms with Crippen LogP contribution in [0.25, 0.3) is 0 Å². The molecule has 1 atom stereocenters. The maximum atomic E-state index is 2.41. The van der Waals surface area contributed by atoms with Gasteiger partial charge in [0.1, 0.15) is 0 Å². The standard InChI is InChI=1S/C11H21N/c1-9(2)11-5-6-12(4)8-10(3)7-11/h5,9-10H,6-8H2,1-4H3/t10-/m1/s1. The molecule has 1 rings (SSSR count). The van der Waals surface area contributed by atoms with Crippen LogP contribution in [0.2, 0.25) is 0 Å². The van der Waals surface area contributed by atoms with E-state index < -0.39 is 0 Å². The van der Waals surface area contributed by atoms with Crippen molar-refractivity contribution >= 4 is 0 Å². The third-order valence-corrected chi connectivity index (χ3v) is 2.61. The highest BCUT2D eigenvalue weighted by molar-refractivity contribution is 5.08. The van der Waals surface area contributed by atoms with Crippen LogP contribution in [0.15, 0.2) is 11.6 Å². The minimum atomic E-state index is 0.735. The van der Waals surface area contributed by atoms with Gasteiger partial charge < -0.3 is 4.90 Å². The maximum absolute atomic E-state index is 2.41.